The summed E-state index contributed by atoms with van der Waals surface area (Å²) in [6.45, 7) is 8.58. The predicted molar refractivity (Wildman–Crippen MR) is 81.2 cm³/mol. The second kappa shape index (κ2) is 8.55. The fraction of sp³-hybridized carbons (Fsp3) is 0.625. The lowest BCUT2D eigenvalue weighted by Gasteiger charge is -2.15. The van der Waals surface area contributed by atoms with Crippen molar-refractivity contribution in [3.8, 4) is 0 Å². The quantitative estimate of drug-likeness (QED) is 0.702. The zero-order valence-corrected chi connectivity index (χ0v) is 12.7. The van der Waals surface area contributed by atoms with E-state index in [1.165, 1.54) is 36.8 Å². The lowest BCUT2D eigenvalue weighted by molar-refractivity contribution is 0.419. The monoisotopic (exact) mass is 267 g/mol. The average molecular weight is 268 g/mol. The number of hydrogen-bond donors (Lipinski definition) is 1. The molecule has 2 heteroatoms. The van der Waals surface area contributed by atoms with Gasteiger partial charge in [0.15, 0.2) is 0 Å². The smallest absolute Gasteiger partial charge is 0.0453 e. The molecule has 0 heterocycles. The zero-order chi connectivity index (χ0) is 13.4. The minimum atomic E-state index is 0.800. The maximum atomic E-state index is 6.22. The number of rotatable bonds is 8. The molecule has 102 valence electrons. The van der Waals surface area contributed by atoms with Gasteiger partial charge in [0.1, 0.15) is 0 Å². The highest BCUT2D eigenvalue weighted by molar-refractivity contribution is 6.31. The van der Waals surface area contributed by atoms with Crippen LogP contribution in [0.25, 0.3) is 0 Å². The largest absolute Gasteiger partial charge is 0.312 e. The summed E-state index contributed by atoms with van der Waals surface area (Å²) in [6, 6.07) is 6.28. The van der Waals surface area contributed by atoms with Crippen molar-refractivity contribution in [3.63, 3.8) is 0 Å². The Morgan fingerprint density at radius 3 is 2.67 bits per heavy atom. The van der Waals surface area contributed by atoms with Crippen LogP contribution in [0.5, 0.6) is 0 Å². The Balaban J connectivity index is 2.35. The first-order valence-corrected chi connectivity index (χ1v) is 7.50. The lowest BCUT2D eigenvalue weighted by atomic mass is 9.99. The molecule has 0 aliphatic carbocycles. The molecule has 0 bridgehead atoms. The Morgan fingerprint density at radius 1 is 1.28 bits per heavy atom. The fourth-order valence-electron chi connectivity index (χ4n) is 2.15. The van der Waals surface area contributed by atoms with Crippen LogP contribution < -0.4 is 5.32 Å². The molecule has 0 aromatic heterocycles. The normalized spacial score (nSPS) is 12.7. The van der Waals surface area contributed by atoms with E-state index in [9.17, 15) is 0 Å². The molecule has 1 N–H and O–H groups in total. The zero-order valence-electron chi connectivity index (χ0n) is 11.9. The molecule has 0 saturated heterocycles. The van der Waals surface area contributed by atoms with Crippen LogP contribution in [-0.4, -0.2) is 6.54 Å². The Hall–Kier alpha value is -0.530. The van der Waals surface area contributed by atoms with E-state index in [4.69, 9.17) is 11.6 Å². The van der Waals surface area contributed by atoms with Crippen molar-refractivity contribution in [1.29, 1.82) is 0 Å². The van der Waals surface area contributed by atoms with Crippen molar-refractivity contribution >= 4 is 11.6 Å². The van der Waals surface area contributed by atoms with Gasteiger partial charge in [-0.2, -0.15) is 0 Å². The lowest BCUT2D eigenvalue weighted by Crippen LogP contribution is -2.22. The van der Waals surface area contributed by atoms with Gasteiger partial charge in [-0.05, 0) is 43.0 Å². The molecular weight excluding hydrogens is 242 g/mol. The first-order valence-electron chi connectivity index (χ1n) is 7.13. The molecule has 0 radical (unpaired) electrons. The summed E-state index contributed by atoms with van der Waals surface area (Å²) in [6.07, 6.45) is 5.22. The third-order valence-corrected chi connectivity index (χ3v) is 3.85. The highest BCUT2D eigenvalue weighted by Gasteiger charge is 2.06. The van der Waals surface area contributed by atoms with E-state index >= 15 is 0 Å². The third kappa shape index (κ3) is 5.41. The summed E-state index contributed by atoms with van der Waals surface area (Å²) in [5.74, 6) is 0.800. The molecule has 18 heavy (non-hydrogen) atoms. The minimum Gasteiger partial charge on any atom is -0.312 e. The second-order valence-corrected chi connectivity index (χ2v) is 5.55. The van der Waals surface area contributed by atoms with E-state index in [0.29, 0.717) is 0 Å². The molecule has 0 fully saturated rings. The highest BCUT2D eigenvalue weighted by atomic mass is 35.5. The molecule has 1 rings (SSSR count). The molecule has 1 aromatic carbocycles. The van der Waals surface area contributed by atoms with E-state index in [-0.39, 0.29) is 0 Å². The Morgan fingerprint density at radius 2 is 2.06 bits per heavy atom. The Labute approximate surface area is 117 Å². The summed E-state index contributed by atoms with van der Waals surface area (Å²) in [4.78, 5) is 0. The number of hydrogen-bond acceptors (Lipinski definition) is 1. The summed E-state index contributed by atoms with van der Waals surface area (Å²) >= 11 is 6.22. The molecule has 1 atom stereocenters. The molecule has 1 aromatic rings. The minimum absolute atomic E-state index is 0.800. The van der Waals surface area contributed by atoms with Crippen molar-refractivity contribution in [2.45, 2.75) is 53.0 Å². The van der Waals surface area contributed by atoms with Crippen molar-refractivity contribution in [2.75, 3.05) is 6.54 Å². The van der Waals surface area contributed by atoms with E-state index in [2.05, 4.69) is 38.2 Å². The predicted octanol–water partition coefficient (Wildman–Crippen LogP) is 4.95. The van der Waals surface area contributed by atoms with Gasteiger partial charge in [-0.25, -0.2) is 0 Å². The first kappa shape index (κ1) is 15.5. The average Bonchev–Trinajstić information content (AvgIpc) is 2.36. The SMILES string of the molecule is CCCCC(CC)CNCc1ccc(C)cc1Cl. The first-order chi connectivity index (χ1) is 8.67. The standard InChI is InChI=1S/C16H26ClN/c1-4-6-7-14(5-2)11-18-12-15-9-8-13(3)10-16(15)17/h8-10,14,18H,4-7,11-12H2,1-3H3. The third-order valence-electron chi connectivity index (χ3n) is 3.50. The van der Waals surface area contributed by atoms with Gasteiger partial charge in [0, 0.05) is 11.6 Å². The van der Waals surface area contributed by atoms with Gasteiger partial charge in [0.25, 0.3) is 0 Å². The van der Waals surface area contributed by atoms with Crippen LogP contribution in [0.1, 0.15) is 50.7 Å². The van der Waals surface area contributed by atoms with Gasteiger partial charge in [-0.3, -0.25) is 0 Å². The van der Waals surface area contributed by atoms with Crippen molar-refractivity contribution in [1.82, 2.24) is 5.32 Å². The van der Waals surface area contributed by atoms with Crippen LogP contribution in [-0.2, 0) is 6.54 Å². The van der Waals surface area contributed by atoms with Gasteiger partial charge in [0.2, 0.25) is 0 Å². The maximum Gasteiger partial charge on any atom is 0.0453 e. The molecule has 0 aliphatic rings. The number of benzene rings is 1. The van der Waals surface area contributed by atoms with E-state index in [1.807, 2.05) is 6.07 Å². The highest BCUT2D eigenvalue weighted by Crippen LogP contribution is 2.18. The van der Waals surface area contributed by atoms with E-state index in [1.54, 1.807) is 0 Å². The molecule has 1 unspecified atom stereocenters. The summed E-state index contributed by atoms with van der Waals surface area (Å²) in [5, 5.41) is 4.42. The summed E-state index contributed by atoms with van der Waals surface area (Å²) in [5.41, 5.74) is 2.42. The molecule has 0 aliphatic heterocycles. The molecule has 1 nitrogen and oxygen atoms in total. The van der Waals surface area contributed by atoms with Crippen molar-refractivity contribution in [2.24, 2.45) is 5.92 Å². The number of unbranched alkanes of at least 4 members (excludes halogenated alkanes) is 1. The van der Waals surface area contributed by atoms with Gasteiger partial charge in [0.05, 0.1) is 0 Å². The van der Waals surface area contributed by atoms with Crippen LogP contribution in [0.3, 0.4) is 0 Å². The summed E-state index contributed by atoms with van der Waals surface area (Å²) < 4.78 is 0. The molecule has 0 spiro atoms. The number of nitrogens with one attached hydrogen (secondary N) is 1. The van der Waals surface area contributed by atoms with Crippen molar-refractivity contribution in [3.05, 3.63) is 34.3 Å². The van der Waals surface area contributed by atoms with Crippen LogP contribution in [0.4, 0.5) is 0 Å². The van der Waals surface area contributed by atoms with Crippen LogP contribution in [0, 0.1) is 12.8 Å². The van der Waals surface area contributed by atoms with E-state index in [0.717, 1.165) is 24.0 Å². The number of aryl methyl sites for hydroxylation is 1. The molecular formula is C16H26ClN. The topological polar surface area (TPSA) is 12.0 Å². The Bertz CT molecular complexity index is 349. The van der Waals surface area contributed by atoms with Gasteiger partial charge >= 0.3 is 0 Å². The van der Waals surface area contributed by atoms with Crippen molar-refractivity contribution < 1.29 is 0 Å². The van der Waals surface area contributed by atoms with Gasteiger partial charge in [-0.1, -0.05) is 56.8 Å². The van der Waals surface area contributed by atoms with Crippen LogP contribution in [0.2, 0.25) is 5.02 Å². The number of halogens is 1. The second-order valence-electron chi connectivity index (χ2n) is 5.14. The van der Waals surface area contributed by atoms with Crippen LogP contribution >= 0.6 is 11.6 Å². The molecule has 0 saturated carbocycles. The summed E-state index contributed by atoms with van der Waals surface area (Å²) in [7, 11) is 0. The maximum absolute atomic E-state index is 6.22. The van der Waals surface area contributed by atoms with E-state index < -0.39 is 0 Å². The van der Waals surface area contributed by atoms with Crippen LogP contribution in [0.15, 0.2) is 18.2 Å². The molecule has 0 amide bonds. The Kier molecular flexibility index (Phi) is 7.38. The van der Waals surface area contributed by atoms with Gasteiger partial charge in [-0.15, -0.1) is 0 Å². The fourth-order valence-corrected chi connectivity index (χ4v) is 2.45. The van der Waals surface area contributed by atoms with Gasteiger partial charge < -0.3 is 5.32 Å².